The molecule has 0 saturated carbocycles. The summed E-state index contributed by atoms with van der Waals surface area (Å²) in [6.45, 7) is 2.71. The Labute approximate surface area is 117 Å². The van der Waals surface area contributed by atoms with Crippen LogP contribution in [0.4, 0.5) is 0 Å². The number of aryl methyl sites for hydroxylation is 1. The standard InChI is InChI=1S/C15H14Cl2O/c1-10-7-11(3-4-13(10)9-18-2)12-5-6-14(16)15(17)8-12/h3-8H,9H2,1-2H3. The minimum atomic E-state index is 0.577. The fourth-order valence-electron chi connectivity index (χ4n) is 1.87. The lowest BCUT2D eigenvalue weighted by atomic mass is 10.0. The van der Waals surface area contributed by atoms with Crippen LogP contribution >= 0.6 is 23.2 Å². The van der Waals surface area contributed by atoms with Crippen molar-refractivity contribution in [3.8, 4) is 11.1 Å². The second-order valence-electron chi connectivity index (χ2n) is 4.20. The molecule has 0 bridgehead atoms. The Hall–Kier alpha value is -1.02. The molecule has 0 N–H and O–H groups in total. The van der Waals surface area contributed by atoms with Gasteiger partial charge in [-0.25, -0.2) is 0 Å². The van der Waals surface area contributed by atoms with E-state index in [0.717, 1.165) is 11.1 Å². The molecule has 0 aromatic heterocycles. The summed E-state index contributed by atoms with van der Waals surface area (Å²) in [7, 11) is 1.70. The second-order valence-corrected chi connectivity index (χ2v) is 5.02. The average Bonchev–Trinajstić information content (AvgIpc) is 2.35. The van der Waals surface area contributed by atoms with Crippen LogP contribution in [0.3, 0.4) is 0 Å². The summed E-state index contributed by atoms with van der Waals surface area (Å²) in [6.07, 6.45) is 0. The molecule has 2 aromatic carbocycles. The predicted octanol–water partition coefficient (Wildman–Crippen LogP) is 5.12. The van der Waals surface area contributed by atoms with Crippen LogP contribution in [0, 0.1) is 6.92 Å². The van der Waals surface area contributed by atoms with Gasteiger partial charge in [0.05, 0.1) is 16.7 Å². The Balaban J connectivity index is 2.39. The summed E-state index contributed by atoms with van der Waals surface area (Å²) < 4.78 is 5.15. The van der Waals surface area contributed by atoms with E-state index in [1.807, 2.05) is 18.2 Å². The minimum Gasteiger partial charge on any atom is -0.380 e. The van der Waals surface area contributed by atoms with E-state index in [1.165, 1.54) is 11.1 Å². The van der Waals surface area contributed by atoms with Gasteiger partial charge in [-0.2, -0.15) is 0 Å². The van der Waals surface area contributed by atoms with Crippen molar-refractivity contribution in [2.24, 2.45) is 0 Å². The van der Waals surface area contributed by atoms with Crippen molar-refractivity contribution >= 4 is 23.2 Å². The van der Waals surface area contributed by atoms with Crippen LogP contribution in [0.2, 0.25) is 10.0 Å². The smallest absolute Gasteiger partial charge is 0.0715 e. The largest absolute Gasteiger partial charge is 0.380 e. The van der Waals surface area contributed by atoms with Crippen LogP contribution in [0.25, 0.3) is 11.1 Å². The van der Waals surface area contributed by atoms with E-state index in [4.69, 9.17) is 27.9 Å². The third-order valence-corrected chi connectivity index (χ3v) is 3.63. The molecular weight excluding hydrogens is 267 g/mol. The molecule has 0 heterocycles. The monoisotopic (exact) mass is 280 g/mol. The van der Waals surface area contributed by atoms with Gasteiger partial charge in [0, 0.05) is 7.11 Å². The molecular formula is C15H14Cl2O. The molecule has 18 heavy (non-hydrogen) atoms. The maximum absolute atomic E-state index is 6.03. The van der Waals surface area contributed by atoms with Crippen LogP contribution < -0.4 is 0 Å². The summed E-state index contributed by atoms with van der Waals surface area (Å²) in [6, 6.07) is 12.0. The zero-order valence-corrected chi connectivity index (χ0v) is 11.8. The summed E-state index contributed by atoms with van der Waals surface area (Å²) in [5.41, 5.74) is 4.60. The first kappa shape index (κ1) is 13.4. The Bertz CT molecular complexity index is 564. The lowest BCUT2D eigenvalue weighted by molar-refractivity contribution is 0.184. The van der Waals surface area contributed by atoms with Crippen molar-refractivity contribution in [1.29, 1.82) is 0 Å². The molecule has 0 radical (unpaired) electrons. The van der Waals surface area contributed by atoms with Gasteiger partial charge in [0.1, 0.15) is 0 Å². The van der Waals surface area contributed by atoms with Crippen molar-refractivity contribution in [1.82, 2.24) is 0 Å². The van der Waals surface area contributed by atoms with E-state index in [0.29, 0.717) is 16.7 Å². The van der Waals surface area contributed by atoms with E-state index in [1.54, 1.807) is 7.11 Å². The van der Waals surface area contributed by atoms with Crippen molar-refractivity contribution in [2.45, 2.75) is 13.5 Å². The summed E-state index contributed by atoms with van der Waals surface area (Å²) in [5, 5.41) is 1.15. The number of rotatable bonds is 3. The molecule has 0 amide bonds. The summed E-state index contributed by atoms with van der Waals surface area (Å²) >= 11 is 11.9. The molecule has 94 valence electrons. The highest BCUT2D eigenvalue weighted by molar-refractivity contribution is 6.42. The quantitative estimate of drug-likeness (QED) is 0.759. The lowest BCUT2D eigenvalue weighted by Gasteiger charge is -2.09. The van der Waals surface area contributed by atoms with E-state index in [2.05, 4.69) is 25.1 Å². The lowest BCUT2D eigenvalue weighted by Crippen LogP contribution is -1.92. The molecule has 0 unspecified atom stereocenters. The first-order valence-electron chi connectivity index (χ1n) is 5.65. The molecule has 0 fully saturated rings. The second kappa shape index (κ2) is 5.75. The van der Waals surface area contributed by atoms with Gasteiger partial charge < -0.3 is 4.74 Å². The van der Waals surface area contributed by atoms with Gasteiger partial charge in [-0.05, 0) is 41.3 Å². The van der Waals surface area contributed by atoms with Crippen molar-refractivity contribution in [3.05, 3.63) is 57.6 Å². The average molecular weight is 281 g/mol. The third-order valence-electron chi connectivity index (χ3n) is 2.90. The van der Waals surface area contributed by atoms with E-state index in [-0.39, 0.29) is 0 Å². The summed E-state index contributed by atoms with van der Waals surface area (Å²) in [4.78, 5) is 0. The van der Waals surface area contributed by atoms with E-state index < -0.39 is 0 Å². The molecule has 0 spiro atoms. The highest BCUT2D eigenvalue weighted by Gasteiger charge is 2.04. The van der Waals surface area contributed by atoms with Crippen molar-refractivity contribution < 1.29 is 4.74 Å². The molecule has 1 nitrogen and oxygen atoms in total. The van der Waals surface area contributed by atoms with Crippen LogP contribution in [0.15, 0.2) is 36.4 Å². The van der Waals surface area contributed by atoms with Crippen molar-refractivity contribution in [3.63, 3.8) is 0 Å². The number of ether oxygens (including phenoxy) is 1. The van der Waals surface area contributed by atoms with Gasteiger partial charge >= 0.3 is 0 Å². The minimum absolute atomic E-state index is 0.577. The normalized spacial score (nSPS) is 10.7. The first-order valence-corrected chi connectivity index (χ1v) is 6.41. The molecule has 0 aliphatic heterocycles. The molecule has 0 aliphatic carbocycles. The number of methoxy groups -OCH3 is 1. The summed E-state index contributed by atoms with van der Waals surface area (Å²) in [5.74, 6) is 0. The third kappa shape index (κ3) is 2.86. The zero-order valence-electron chi connectivity index (χ0n) is 10.3. The first-order chi connectivity index (χ1) is 8.61. The maximum Gasteiger partial charge on any atom is 0.0715 e. The Kier molecular flexibility index (Phi) is 4.28. The molecule has 0 aliphatic rings. The Morgan fingerprint density at radius 2 is 1.61 bits per heavy atom. The van der Waals surface area contributed by atoms with Crippen molar-refractivity contribution in [2.75, 3.05) is 7.11 Å². The number of benzene rings is 2. The number of halogens is 2. The molecule has 3 heteroatoms. The molecule has 2 aromatic rings. The Morgan fingerprint density at radius 1 is 0.944 bits per heavy atom. The zero-order chi connectivity index (χ0) is 13.1. The topological polar surface area (TPSA) is 9.23 Å². The van der Waals surface area contributed by atoms with Gasteiger partial charge in [0.2, 0.25) is 0 Å². The predicted molar refractivity (Wildman–Crippen MR) is 77.3 cm³/mol. The molecule has 0 atom stereocenters. The van der Waals surface area contributed by atoms with Gasteiger partial charge in [-0.15, -0.1) is 0 Å². The van der Waals surface area contributed by atoms with E-state index in [9.17, 15) is 0 Å². The van der Waals surface area contributed by atoms with Crippen LogP contribution in [0.1, 0.15) is 11.1 Å². The highest BCUT2D eigenvalue weighted by atomic mass is 35.5. The van der Waals surface area contributed by atoms with Crippen LogP contribution in [-0.2, 0) is 11.3 Å². The highest BCUT2D eigenvalue weighted by Crippen LogP contribution is 2.29. The molecule has 2 rings (SSSR count). The van der Waals surface area contributed by atoms with E-state index >= 15 is 0 Å². The van der Waals surface area contributed by atoms with Crippen LogP contribution in [0.5, 0.6) is 0 Å². The van der Waals surface area contributed by atoms with Gasteiger partial charge in [-0.3, -0.25) is 0 Å². The van der Waals surface area contributed by atoms with Crippen LogP contribution in [-0.4, -0.2) is 7.11 Å². The number of hydrogen-bond acceptors (Lipinski definition) is 1. The van der Waals surface area contributed by atoms with Gasteiger partial charge in [0.25, 0.3) is 0 Å². The van der Waals surface area contributed by atoms with Gasteiger partial charge in [0.15, 0.2) is 0 Å². The number of hydrogen-bond donors (Lipinski definition) is 0. The molecule has 0 saturated heterocycles. The fraction of sp³-hybridized carbons (Fsp3) is 0.200. The SMILES string of the molecule is COCc1ccc(-c2ccc(Cl)c(Cl)c2)cc1C. The maximum atomic E-state index is 6.03. The van der Waals surface area contributed by atoms with Gasteiger partial charge in [-0.1, -0.05) is 47.5 Å². The fourth-order valence-corrected chi connectivity index (χ4v) is 2.17. The Morgan fingerprint density at radius 3 is 2.22 bits per heavy atom.